The van der Waals surface area contributed by atoms with E-state index >= 15 is 0 Å². The fraction of sp³-hybridized carbons (Fsp3) is 0.333. The van der Waals surface area contributed by atoms with Crippen LogP contribution in [0.15, 0.2) is 52.4 Å². The summed E-state index contributed by atoms with van der Waals surface area (Å²) in [6, 6.07) is 10.6. The van der Waals surface area contributed by atoms with Crippen molar-refractivity contribution in [1.82, 2.24) is 4.72 Å². The number of hydrogen-bond donors (Lipinski definition) is 2. The molecule has 0 spiro atoms. The molecule has 1 aliphatic rings. The summed E-state index contributed by atoms with van der Waals surface area (Å²) in [6.07, 6.45) is 2.69. The first-order chi connectivity index (χ1) is 14.7. The predicted octanol–water partition coefficient (Wildman–Crippen LogP) is 4.65. The molecular formula is C21H23Cl2N3O4S. The maximum Gasteiger partial charge on any atom is 0.265 e. The van der Waals surface area contributed by atoms with Gasteiger partial charge >= 0.3 is 0 Å². The molecule has 10 heteroatoms. The summed E-state index contributed by atoms with van der Waals surface area (Å²) in [6.45, 7) is 2.21. The number of rotatable bonds is 6. The summed E-state index contributed by atoms with van der Waals surface area (Å²) in [5, 5.41) is 3.45. The highest BCUT2D eigenvalue weighted by molar-refractivity contribution is 7.90. The Morgan fingerprint density at radius 1 is 1.10 bits per heavy atom. The summed E-state index contributed by atoms with van der Waals surface area (Å²) < 4.78 is 33.3. The lowest BCUT2D eigenvalue weighted by molar-refractivity contribution is -0.122. The zero-order chi connectivity index (χ0) is 22.4. The second-order valence-corrected chi connectivity index (χ2v) is 9.62. The number of ether oxygens (including phenoxy) is 1. The number of hydrogen-bond acceptors (Lipinski definition) is 5. The second kappa shape index (κ2) is 10.3. The molecule has 0 bridgehead atoms. The Labute approximate surface area is 191 Å². The van der Waals surface area contributed by atoms with E-state index in [4.69, 9.17) is 27.9 Å². The Balaban J connectivity index is 1.61. The van der Waals surface area contributed by atoms with Gasteiger partial charge in [-0.1, -0.05) is 29.6 Å². The van der Waals surface area contributed by atoms with Crippen LogP contribution in [0.4, 0.5) is 5.69 Å². The molecule has 0 saturated heterocycles. The highest BCUT2D eigenvalue weighted by Crippen LogP contribution is 2.28. The van der Waals surface area contributed by atoms with Gasteiger partial charge in [0.2, 0.25) is 0 Å². The fourth-order valence-electron chi connectivity index (χ4n) is 2.95. The lowest BCUT2D eigenvalue weighted by atomic mass is 10.2. The van der Waals surface area contributed by atoms with E-state index < -0.39 is 22.0 Å². The Kier molecular flexibility index (Phi) is 7.80. The maximum absolute atomic E-state index is 12.6. The number of carbonyl (C=O) groups is 1. The predicted molar refractivity (Wildman–Crippen MR) is 123 cm³/mol. The van der Waals surface area contributed by atoms with Crippen LogP contribution in [0.5, 0.6) is 5.75 Å². The molecule has 3 rings (SSSR count). The molecular weight excluding hydrogens is 461 g/mol. The second-order valence-electron chi connectivity index (χ2n) is 7.09. The van der Waals surface area contributed by atoms with Gasteiger partial charge in [-0.3, -0.25) is 14.5 Å². The third kappa shape index (κ3) is 6.59. The van der Waals surface area contributed by atoms with Crippen LogP contribution in [-0.2, 0) is 14.8 Å². The number of amidine groups is 1. The number of halogens is 2. The molecule has 1 heterocycles. The van der Waals surface area contributed by atoms with Crippen molar-refractivity contribution in [2.24, 2.45) is 4.99 Å². The molecule has 7 nitrogen and oxygen atoms in total. The van der Waals surface area contributed by atoms with Crippen molar-refractivity contribution in [3.63, 3.8) is 0 Å². The summed E-state index contributed by atoms with van der Waals surface area (Å²) in [5.74, 6) is 0.414. The number of benzene rings is 2. The van der Waals surface area contributed by atoms with E-state index in [1.165, 1.54) is 30.3 Å². The van der Waals surface area contributed by atoms with Crippen LogP contribution in [0, 0.1) is 0 Å². The molecule has 31 heavy (non-hydrogen) atoms. The number of sulfonamides is 1. The lowest BCUT2D eigenvalue weighted by Gasteiger charge is -2.16. The average molecular weight is 484 g/mol. The zero-order valence-electron chi connectivity index (χ0n) is 16.9. The number of amides is 1. The SMILES string of the molecule is CC(Oc1ccc(Cl)cc1Cl)C(=O)Nc1ccc(S(=O)(=O)NC2=NCCCCC2)cc1. The largest absolute Gasteiger partial charge is 0.479 e. The fourth-order valence-corrected chi connectivity index (χ4v) is 4.49. The number of carbonyl (C=O) groups excluding carboxylic acids is 1. The van der Waals surface area contributed by atoms with Gasteiger partial charge < -0.3 is 10.1 Å². The first-order valence-corrected chi connectivity index (χ1v) is 12.1. The van der Waals surface area contributed by atoms with Gasteiger partial charge in [-0.05, 0) is 62.2 Å². The number of aliphatic imine (C=N–C) groups is 1. The lowest BCUT2D eigenvalue weighted by Crippen LogP contribution is -2.31. The van der Waals surface area contributed by atoms with E-state index in [0.29, 0.717) is 40.3 Å². The minimum Gasteiger partial charge on any atom is -0.479 e. The molecule has 1 aliphatic heterocycles. The average Bonchev–Trinajstić information content (AvgIpc) is 2.98. The first kappa shape index (κ1) is 23.4. The van der Waals surface area contributed by atoms with E-state index in [1.54, 1.807) is 19.1 Å². The van der Waals surface area contributed by atoms with E-state index in [1.807, 2.05) is 0 Å². The monoisotopic (exact) mass is 483 g/mol. The van der Waals surface area contributed by atoms with Crippen LogP contribution < -0.4 is 14.8 Å². The Bertz CT molecular complexity index is 1070. The van der Waals surface area contributed by atoms with Crippen LogP contribution in [0.1, 0.15) is 32.6 Å². The molecule has 1 unspecified atom stereocenters. The van der Waals surface area contributed by atoms with Crippen LogP contribution in [-0.4, -0.2) is 32.8 Å². The van der Waals surface area contributed by atoms with Crippen LogP contribution in [0.3, 0.4) is 0 Å². The number of anilines is 1. The minimum atomic E-state index is -3.73. The number of nitrogens with zero attached hydrogens (tertiary/aromatic N) is 1. The highest BCUT2D eigenvalue weighted by Gasteiger charge is 2.19. The molecule has 166 valence electrons. The van der Waals surface area contributed by atoms with Crippen LogP contribution >= 0.6 is 23.2 Å². The summed E-state index contributed by atoms with van der Waals surface area (Å²) in [4.78, 5) is 16.8. The minimum absolute atomic E-state index is 0.0923. The van der Waals surface area contributed by atoms with Crippen molar-refractivity contribution < 1.29 is 17.9 Å². The van der Waals surface area contributed by atoms with Crippen molar-refractivity contribution in [3.8, 4) is 5.75 Å². The summed E-state index contributed by atoms with van der Waals surface area (Å²) in [7, 11) is -3.73. The van der Waals surface area contributed by atoms with E-state index in [0.717, 1.165) is 19.3 Å². The van der Waals surface area contributed by atoms with Crippen molar-refractivity contribution in [3.05, 3.63) is 52.5 Å². The third-order valence-electron chi connectivity index (χ3n) is 4.63. The van der Waals surface area contributed by atoms with E-state index in [9.17, 15) is 13.2 Å². The van der Waals surface area contributed by atoms with Crippen molar-refractivity contribution in [1.29, 1.82) is 0 Å². The molecule has 0 saturated carbocycles. The van der Waals surface area contributed by atoms with Crippen molar-refractivity contribution in [2.75, 3.05) is 11.9 Å². The van der Waals surface area contributed by atoms with Gasteiger partial charge in [0.05, 0.1) is 9.92 Å². The molecule has 2 aromatic rings. The van der Waals surface area contributed by atoms with Gasteiger partial charge in [0.1, 0.15) is 11.6 Å². The van der Waals surface area contributed by atoms with Gasteiger partial charge in [-0.25, -0.2) is 8.42 Å². The Hall–Kier alpha value is -2.29. The van der Waals surface area contributed by atoms with Crippen molar-refractivity contribution in [2.45, 2.75) is 43.6 Å². The standard InChI is InChI=1S/C21H23Cl2N3O4S/c1-14(30-19-11-6-15(22)13-18(19)23)21(27)25-16-7-9-17(10-8-16)31(28,29)26-20-5-3-2-4-12-24-20/h6-11,13-14H,2-5,12H2,1H3,(H,24,26)(H,25,27). The zero-order valence-corrected chi connectivity index (χ0v) is 19.2. The molecule has 0 radical (unpaired) electrons. The molecule has 0 fully saturated rings. The molecule has 0 aliphatic carbocycles. The first-order valence-electron chi connectivity index (χ1n) is 9.83. The van der Waals surface area contributed by atoms with Gasteiger partial charge in [0.15, 0.2) is 6.10 Å². The van der Waals surface area contributed by atoms with Gasteiger partial charge in [-0.15, -0.1) is 0 Å². The van der Waals surface area contributed by atoms with E-state index in [-0.39, 0.29) is 4.90 Å². The van der Waals surface area contributed by atoms with E-state index in [2.05, 4.69) is 15.0 Å². The third-order valence-corrected chi connectivity index (χ3v) is 6.55. The Morgan fingerprint density at radius 3 is 2.55 bits per heavy atom. The van der Waals surface area contributed by atoms with Crippen LogP contribution in [0.25, 0.3) is 0 Å². The molecule has 1 atom stereocenters. The molecule has 2 N–H and O–H groups in total. The number of nitrogens with one attached hydrogen (secondary N) is 2. The summed E-state index contributed by atoms with van der Waals surface area (Å²) >= 11 is 11.9. The summed E-state index contributed by atoms with van der Waals surface area (Å²) in [5.41, 5.74) is 0.438. The molecule has 0 aromatic heterocycles. The van der Waals surface area contributed by atoms with Gasteiger partial charge in [0.25, 0.3) is 15.9 Å². The smallest absolute Gasteiger partial charge is 0.265 e. The highest BCUT2D eigenvalue weighted by atomic mass is 35.5. The van der Waals surface area contributed by atoms with Gasteiger partial charge in [-0.2, -0.15) is 0 Å². The quantitative estimate of drug-likeness (QED) is 0.624. The van der Waals surface area contributed by atoms with Crippen LogP contribution in [0.2, 0.25) is 10.0 Å². The maximum atomic E-state index is 12.6. The topological polar surface area (TPSA) is 96.9 Å². The Morgan fingerprint density at radius 2 is 1.84 bits per heavy atom. The molecule has 2 aromatic carbocycles. The van der Waals surface area contributed by atoms with Crippen molar-refractivity contribution >= 4 is 50.7 Å². The normalized spacial score (nSPS) is 15.4. The van der Waals surface area contributed by atoms with Gasteiger partial charge in [0, 0.05) is 23.7 Å². The molecule has 1 amide bonds.